The molecule has 1 saturated heterocycles. The number of nitrogens with zero attached hydrogens (tertiary/aromatic N) is 3. The Bertz CT molecular complexity index is 405. The molecule has 4 nitrogen and oxygen atoms in total. The minimum atomic E-state index is 0.0147. The van der Waals surface area contributed by atoms with Crippen molar-refractivity contribution in [1.82, 2.24) is 9.88 Å². The summed E-state index contributed by atoms with van der Waals surface area (Å²) in [6.07, 6.45) is 1.96. The van der Waals surface area contributed by atoms with Gasteiger partial charge in [-0.15, -0.1) is 0 Å². The molecule has 0 bridgehead atoms. The van der Waals surface area contributed by atoms with E-state index in [1.165, 1.54) is 5.69 Å². The topological polar surface area (TPSA) is 28.6 Å². The van der Waals surface area contributed by atoms with E-state index < -0.39 is 0 Å². The van der Waals surface area contributed by atoms with Crippen LogP contribution in [0.15, 0.2) is 16.7 Å². The molecule has 100 valence electrons. The van der Waals surface area contributed by atoms with Crippen LogP contribution in [0.5, 0.6) is 0 Å². The van der Waals surface area contributed by atoms with E-state index in [0.29, 0.717) is 0 Å². The quantitative estimate of drug-likeness (QED) is 0.856. The number of likely N-dealkylation sites (N-methyl/N-ethyl adjacent to an activating group) is 1. The van der Waals surface area contributed by atoms with Crippen molar-refractivity contribution in [1.29, 1.82) is 0 Å². The monoisotopic (exact) mass is 313 g/mol. The molecule has 0 radical (unpaired) electrons. The van der Waals surface area contributed by atoms with Crippen LogP contribution in [0, 0.1) is 0 Å². The third-order valence-electron chi connectivity index (χ3n) is 3.46. The Hall–Kier alpha value is -0.650. The molecule has 2 rings (SSSR count). The highest BCUT2D eigenvalue weighted by Gasteiger charge is 2.17. The van der Waals surface area contributed by atoms with Crippen LogP contribution < -0.4 is 4.90 Å². The van der Waals surface area contributed by atoms with E-state index in [0.717, 1.165) is 36.3 Å². The Morgan fingerprint density at radius 2 is 2.00 bits per heavy atom. The minimum absolute atomic E-state index is 0.0147. The van der Waals surface area contributed by atoms with E-state index in [1.807, 2.05) is 13.1 Å². The Labute approximate surface area is 117 Å². The van der Waals surface area contributed by atoms with Crippen LogP contribution in [0.4, 0.5) is 5.69 Å². The van der Waals surface area contributed by atoms with Crippen molar-refractivity contribution in [2.45, 2.75) is 13.0 Å². The summed E-state index contributed by atoms with van der Waals surface area (Å²) < 4.78 is 6.33. The van der Waals surface area contributed by atoms with Gasteiger partial charge in [-0.2, -0.15) is 0 Å². The molecule has 1 unspecified atom stereocenters. The molecule has 0 spiro atoms. The van der Waals surface area contributed by atoms with E-state index in [-0.39, 0.29) is 6.10 Å². The second-order valence-electron chi connectivity index (χ2n) is 4.73. The number of halogens is 1. The molecule has 0 aliphatic carbocycles. The van der Waals surface area contributed by atoms with Crippen molar-refractivity contribution < 1.29 is 4.74 Å². The van der Waals surface area contributed by atoms with E-state index in [1.54, 1.807) is 7.11 Å². The van der Waals surface area contributed by atoms with Crippen molar-refractivity contribution in [3.63, 3.8) is 0 Å². The number of anilines is 1. The molecule has 0 saturated carbocycles. The first-order chi connectivity index (χ1) is 8.61. The number of hydrogen-bond acceptors (Lipinski definition) is 4. The first-order valence-corrected chi connectivity index (χ1v) is 7.03. The van der Waals surface area contributed by atoms with Crippen LogP contribution >= 0.6 is 15.9 Å². The summed E-state index contributed by atoms with van der Waals surface area (Å²) in [6, 6.07) is 2.14. The summed E-state index contributed by atoms with van der Waals surface area (Å²) in [7, 11) is 3.86. The first-order valence-electron chi connectivity index (χ1n) is 6.23. The molecule has 2 heterocycles. The smallest absolute Gasteiger partial charge is 0.0974 e. The highest BCUT2D eigenvalue weighted by Crippen LogP contribution is 2.27. The van der Waals surface area contributed by atoms with Gasteiger partial charge in [-0.3, -0.25) is 4.98 Å². The number of aromatic nitrogens is 1. The van der Waals surface area contributed by atoms with Crippen LogP contribution in [0.25, 0.3) is 0 Å². The molecular formula is C13H20BrN3O. The number of rotatable bonds is 3. The van der Waals surface area contributed by atoms with Gasteiger partial charge in [0.2, 0.25) is 0 Å². The van der Waals surface area contributed by atoms with Gasteiger partial charge in [0.25, 0.3) is 0 Å². The number of pyridine rings is 1. The highest BCUT2D eigenvalue weighted by atomic mass is 79.9. The third kappa shape index (κ3) is 3.02. The molecule has 1 aromatic heterocycles. The molecule has 0 N–H and O–H groups in total. The van der Waals surface area contributed by atoms with Crippen LogP contribution in [0.3, 0.4) is 0 Å². The Balaban J connectivity index is 2.13. The molecule has 1 aliphatic rings. The fraction of sp³-hybridized carbons (Fsp3) is 0.615. The maximum absolute atomic E-state index is 5.30. The summed E-state index contributed by atoms with van der Waals surface area (Å²) in [5.41, 5.74) is 2.14. The Kier molecular flexibility index (Phi) is 4.59. The van der Waals surface area contributed by atoms with Gasteiger partial charge in [-0.25, -0.2) is 0 Å². The lowest BCUT2D eigenvalue weighted by atomic mass is 10.2. The lowest BCUT2D eigenvalue weighted by Gasteiger charge is -2.34. The second kappa shape index (κ2) is 5.99. The van der Waals surface area contributed by atoms with E-state index in [4.69, 9.17) is 4.74 Å². The van der Waals surface area contributed by atoms with Gasteiger partial charge >= 0.3 is 0 Å². The normalized spacial score (nSPS) is 19.0. The van der Waals surface area contributed by atoms with Gasteiger partial charge in [-0.1, -0.05) is 0 Å². The van der Waals surface area contributed by atoms with Crippen LogP contribution in [0.2, 0.25) is 0 Å². The van der Waals surface area contributed by atoms with Gasteiger partial charge in [0.05, 0.1) is 23.7 Å². The highest BCUT2D eigenvalue weighted by molar-refractivity contribution is 9.10. The van der Waals surface area contributed by atoms with Crippen molar-refractivity contribution in [3.05, 3.63) is 22.4 Å². The van der Waals surface area contributed by atoms with Gasteiger partial charge in [0.15, 0.2) is 0 Å². The Morgan fingerprint density at radius 3 is 2.56 bits per heavy atom. The predicted molar refractivity (Wildman–Crippen MR) is 77.1 cm³/mol. The SMILES string of the molecule is COC(C)c1ncc(N2CCN(C)CC2)cc1Br. The summed E-state index contributed by atoms with van der Waals surface area (Å²) in [6.45, 7) is 6.33. The van der Waals surface area contributed by atoms with E-state index >= 15 is 0 Å². The summed E-state index contributed by atoms with van der Waals surface area (Å²) in [5, 5.41) is 0. The molecule has 0 aromatic carbocycles. The van der Waals surface area contributed by atoms with Crippen LogP contribution in [0.1, 0.15) is 18.7 Å². The van der Waals surface area contributed by atoms with Crippen LogP contribution in [-0.2, 0) is 4.74 Å². The summed E-state index contributed by atoms with van der Waals surface area (Å²) in [5.74, 6) is 0. The number of piperazine rings is 1. The maximum atomic E-state index is 5.30. The number of hydrogen-bond donors (Lipinski definition) is 0. The lowest BCUT2D eigenvalue weighted by molar-refractivity contribution is 0.115. The van der Waals surface area contributed by atoms with Crippen molar-refractivity contribution in [2.75, 3.05) is 45.2 Å². The van der Waals surface area contributed by atoms with Crippen molar-refractivity contribution >= 4 is 21.6 Å². The van der Waals surface area contributed by atoms with Gasteiger partial charge in [0.1, 0.15) is 0 Å². The van der Waals surface area contributed by atoms with Crippen molar-refractivity contribution in [3.8, 4) is 0 Å². The molecule has 1 fully saturated rings. The molecule has 1 atom stereocenters. The van der Waals surface area contributed by atoms with Gasteiger partial charge in [-0.05, 0) is 36.0 Å². The summed E-state index contributed by atoms with van der Waals surface area (Å²) in [4.78, 5) is 9.24. The van der Waals surface area contributed by atoms with E-state index in [9.17, 15) is 0 Å². The molecule has 1 aliphatic heterocycles. The molecule has 0 amide bonds. The zero-order chi connectivity index (χ0) is 13.1. The molecule has 1 aromatic rings. The molecule has 18 heavy (non-hydrogen) atoms. The maximum Gasteiger partial charge on any atom is 0.0974 e. The lowest BCUT2D eigenvalue weighted by Crippen LogP contribution is -2.44. The van der Waals surface area contributed by atoms with Crippen LogP contribution in [-0.4, -0.2) is 50.2 Å². The molecule has 5 heteroatoms. The predicted octanol–water partition coefficient (Wildman–Crippen LogP) is 2.30. The molecular weight excluding hydrogens is 294 g/mol. The Morgan fingerprint density at radius 1 is 1.33 bits per heavy atom. The first kappa shape index (κ1) is 13.8. The minimum Gasteiger partial charge on any atom is -0.375 e. The zero-order valence-electron chi connectivity index (χ0n) is 11.2. The van der Waals surface area contributed by atoms with E-state index in [2.05, 4.69) is 43.8 Å². The zero-order valence-corrected chi connectivity index (χ0v) is 12.8. The average Bonchev–Trinajstić information content (AvgIpc) is 2.38. The summed E-state index contributed by atoms with van der Waals surface area (Å²) >= 11 is 3.59. The standard InChI is InChI=1S/C13H20BrN3O/c1-10(18-3)13-12(14)8-11(9-15-13)17-6-4-16(2)5-7-17/h8-10H,4-7H2,1-3H3. The van der Waals surface area contributed by atoms with Crippen molar-refractivity contribution in [2.24, 2.45) is 0 Å². The average molecular weight is 314 g/mol. The number of ether oxygens (including phenoxy) is 1. The largest absolute Gasteiger partial charge is 0.375 e. The number of methoxy groups -OCH3 is 1. The fourth-order valence-electron chi connectivity index (χ4n) is 2.09. The second-order valence-corrected chi connectivity index (χ2v) is 5.58. The third-order valence-corrected chi connectivity index (χ3v) is 4.10. The van der Waals surface area contributed by atoms with Gasteiger partial charge in [0, 0.05) is 37.8 Å². The fourth-order valence-corrected chi connectivity index (χ4v) is 2.75. The van der Waals surface area contributed by atoms with Gasteiger partial charge < -0.3 is 14.5 Å².